The fraction of sp³-hybridized carbons (Fsp3) is 0.458. The van der Waals surface area contributed by atoms with E-state index in [1.54, 1.807) is 0 Å². The van der Waals surface area contributed by atoms with Crippen molar-refractivity contribution in [3.8, 4) is 0 Å². The first kappa shape index (κ1) is 23.1. The summed E-state index contributed by atoms with van der Waals surface area (Å²) in [6, 6.07) is 14.4. The van der Waals surface area contributed by atoms with Crippen molar-refractivity contribution in [2.45, 2.75) is 44.2 Å². The van der Waals surface area contributed by atoms with E-state index in [2.05, 4.69) is 27.2 Å². The molecule has 0 radical (unpaired) electrons. The van der Waals surface area contributed by atoms with Gasteiger partial charge in [-0.1, -0.05) is 72.3 Å². The van der Waals surface area contributed by atoms with Crippen LogP contribution in [0.1, 0.15) is 49.3 Å². The van der Waals surface area contributed by atoms with Crippen LogP contribution in [0.3, 0.4) is 0 Å². The smallest absolute Gasteiger partial charge is 0.169 e. The summed E-state index contributed by atoms with van der Waals surface area (Å²) in [6.07, 6.45) is 6.42. The number of nitrogens with one attached hydrogen (secondary N) is 1. The second-order valence-corrected chi connectivity index (χ2v) is 10.1. The van der Waals surface area contributed by atoms with Crippen LogP contribution in [0.4, 0.5) is 0 Å². The molecule has 2 fully saturated rings. The van der Waals surface area contributed by atoms with Crippen LogP contribution >= 0.6 is 47.0 Å². The van der Waals surface area contributed by atoms with Crippen LogP contribution in [0.25, 0.3) is 0 Å². The van der Waals surface area contributed by atoms with Crippen molar-refractivity contribution in [3.05, 3.63) is 68.7 Å². The third kappa shape index (κ3) is 5.85. The lowest BCUT2D eigenvalue weighted by Gasteiger charge is -2.41. The highest BCUT2D eigenvalue weighted by Crippen LogP contribution is 2.35. The first-order chi connectivity index (χ1) is 15.0. The van der Waals surface area contributed by atoms with E-state index < -0.39 is 0 Å². The van der Waals surface area contributed by atoms with Crippen molar-refractivity contribution in [1.82, 2.24) is 15.1 Å². The standard InChI is InChI=1S/C24H28Cl3N3S/c25-18-8-6-17(7-9-18)23(21-11-10-19(26)16-22(21)27)29-12-14-30(15-13-29)24(31)28-20-4-2-1-3-5-20/h6-11,16,20,23H,1-5,12-15H2,(H,28,31). The molecular formula is C24H28Cl3N3S. The lowest BCUT2D eigenvalue weighted by molar-refractivity contribution is 0.148. The van der Waals surface area contributed by atoms with Crippen molar-refractivity contribution in [1.29, 1.82) is 0 Å². The molecule has 166 valence electrons. The predicted molar refractivity (Wildman–Crippen MR) is 136 cm³/mol. The summed E-state index contributed by atoms with van der Waals surface area (Å²) in [7, 11) is 0. The van der Waals surface area contributed by atoms with E-state index in [9.17, 15) is 0 Å². The van der Waals surface area contributed by atoms with Crippen LogP contribution in [-0.4, -0.2) is 47.1 Å². The number of rotatable bonds is 4. The molecule has 1 saturated carbocycles. The van der Waals surface area contributed by atoms with Crippen LogP contribution in [-0.2, 0) is 0 Å². The van der Waals surface area contributed by atoms with Gasteiger partial charge in [0.15, 0.2) is 5.11 Å². The summed E-state index contributed by atoms with van der Waals surface area (Å²) >= 11 is 24.7. The first-order valence-electron chi connectivity index (χ1n) is 11.0. The second-order valence-electron chi connectivity index (χ2n) is 8.43. The summed E-state index contributed by atoms with van der Waals surface area (Å²) in [5, 5.41) is 6.57. The minimum atomic E-state index is 0.0454. The Morgan fingerprint density at radius 3 is 2.16 bits per heavy atom. The zero-order valence-electron chi connectivity index (χ0n) is 17.5. The van der Waals surface area contributed by atoms with E-state index in [1.807, 2.05) is 30.3 Å². The quantitative estimate of drug-likeness (QED) is 0.483. The van der Waals surface area contributed by atoms with E-state index in [0.29, 0.717) is 16.1 Å². The number of piperazine rings is 1. The van der Waals surface area contributed by atoms with E-state index in [1.165, 1.54) is 37.7 Å². The maximum Gasteiger partial charge on any atom is 0.169 e. The summed E-state index contributed by atoms with van der Waals surface area (Å²) in [4.78, 5) is 4.78. The van der Waals surface area contributed by atoms with E-state index in [0.717, 1.165) is 41.9 Å². The van der Waals surface area contributed by atoms with Gasteiger partial charge in [-0.25, -0.2) is 0 Å². The minimum Gasteiger partial charge on any atom is -0.360 e. The van der Waals surface area contributed by atoms with Gasteiger partial charge in [-0.3, -0.25) is 4.90 Å². The highest BCUT2D eigenvalue weighted by molar-refractivity contribution is 7.80. The fourth-order valence-corrected chi connectivity index (χ4v) is 5.64. The van der Waals surface area contributed by atoms with Crippen molar-refractivity contribution in [2.75, 3.05) is 26.2 Å². The van der Waals surface area contributed by atoms with Gasteiger partial charge in [-0.05, 0) is 60.5 Å². The van der Waals surface area contributed by atoms with Gasteiger partial charge in [0.25, 0.3) is 0 Å². The molecule has 2 aromatic carbocycles. The normalized spacial score (nSPS) is 19.3. The van der Waals surface area contributed by atoms with Gasteiger partial charge in [-0.2, -0.15) is 0 Å². The molecule has 1 N–H and O–H groups in total. The van der Waals surface area contributed by atoms with E-state index in [-0.39, 0.29) is 6.04 Å². The Balaban J connectivity index is 1.48. The molecule has 2 aromatic rings. The molecule has 1 aliphatic carbocycles. The number of thiocarbonyl (C=S) groups is 1. The number of halogens is 3. The molecule has 7 heteroatoms. The van der Waals surface area contributed by atoms with Crippen LogP contribution in [0, 0.1) is 0 Å². The zero-order chi connectivity index (χ0) is 21.8. The van der Waals surface area contributed by atoms with Crippen LogP contribution in [0.15, 0.2) is 42.5 Å². The highest BCUT2D eigenvalue weighted by Gasteiger charge is 2.29. The highest BCUT2D eigenvalue weighted by atomic mass is 35.5. The van der Waals surface area contributed by atoms with Gasteiger partial charge in [-0.15, -0.1) is 0 Å². The van der Waals surface area contributed by atoms with Crippen molar-refractivity contribution < 1.29 is 0 Å². The Bertz CT molecular complexity index is 891. The van der Waals surface area contributed by atoms with Gasteiger partial charge in [0, 0.05) is 47.3 Å². The molecule has 0 aromatic heterocycles. The molecule has 3 nitrogen and oxygen atoms in total. The lowest BCUT2D eigenvalue weighted by atomic mass is 9.95. The number of hydrogen-bond acceptors (Lipinski definition) is 2. The lowest BCUT2D eigenvalue weighted by Crippen LogP contribution is -2.54. The average molecular weight is 497 g/mol. The van der Waals surface area contributed by atoms with Crippen molar-refractivity contribution in [2.24, 2.45) is 0 Å². The maximum absolute atomic E-state index is 6.63. The second kappa shape index (κ2) is 10.7. The molecule has 1 atom stereocenters. The maximum atomic E-state index is 6.63. The Labute approximate surface area is 205 Å². The Morgan fingerprint density at radius 1 is 0.871 bits per heavy atom. The van der Waals surface area contributed by atoms with Crippen LogP contribution < -0.4 is 5.32 Å². The van der Waals surface area contributed by atoms with E-state index >= 15 is 0 Å². The molecule has 0 bridgehead atoms. The number of benzene rings is 2. The van der Waals surface area contributed by atoms with Gasteiger partial charge in [0.05, 0.1) is 6.04 Å². The molecule has 2 aliphatic rings. The van der Waals surface area contributed by atoms with Gasteiger partial charge in [0.2, 0.25) is 0 Å². The third-order valence-electron chi connectivity index (χ3n) is 6.34. The molecule has 1 aliphatic heterocycles. The summed E-state index contributed by atoms with van der Waals surface area (Å²) < 4.78 is 0. The molecule has 31 heavy (non-hydrogen) atoms. The average Bonchev–Trinajstić information content (AvgIpc) is 2.78. The van der Waals surface area contributed by atoms with Gasteiger partial charge < -0.3 is 10.2 Å². The molecule has 0 amide bonds. The Hall–Kier alpha value is -1.04. The number of hydrogen-bond donors (Lipinski definition) is 1. The summed E-state index contributed by atoms with van der Waals surface area (Å²) in [6.45, 7) is 3.60. The van der Waals surface area contributed by atoms with Crippen LogP contribution in [0.2, 0.25) is 15.1 Å². The molecule has 1 unspecified atom stereocenters. The van der Waals surface area contributed by atoms with Crippen molar-refractivity contribution >= 4 is 52.1 Å². The van der Waals surface area contributed by atoms with Crippen molar-refractivity contribution in [3.63, 3.8) is 0 Å². The summed E-state index contributed by atoms with van der Waals surface area (Å²) in [5.41, 5.74) is 2.23. The monoisotopic (exact) mass is 495 g/mol. The predicted octanol–water partition coefficient (Wildman–Crippen LogP) is 6.56. The summed E-state index contributed by atoms with van der Waals surface area (Å²) in [5.74, 6) is 0. The largest absolute Gasteiger partial charge is 0.360 e. The molecule has 1 heterocycles. The zero-order valence-corrected chi connectivity index (χ0v) is 20.6. The molecular weight excluding hydrogens is 469 g/mol. The van der Waals surface area contributed by atoms with Gasteiger partial charge >= 0.3 is 0 Å². The van der Waals surface area contributed by atoms with E-state index in [4.69, 9.17) is 47.0 Å². The molecule has 0 spiro atoms. The molecule has 4 rings (SSSR count). The fourth-order valence-electron chi connectivity index (χ4n) is 4.65. The Kier molecular flexibility index (Phi) is 8.00. The Morgan fingerprint density at radius 2 is 1.52 bits per heavy atom. The third-order valence-corrected chi connectivity index (χ3v) is 7.53. The molecule has 1 saturated heterocycles. The SMILES string of the molecule is S=C(NC1CCCCC1)N1CCN(C(c2ccc(Cl)cc2)c2ccc(Cl)cc2Cl)CC1. The van der Waals surface area contributed by atoms with Gasteiger partial charge in [0.1, 0.15) is 0 Å². The minimum absolute atomic E-state index is 0.0454. The first-order valence-corrected chi connectivity index (χ1v) is 12.6. The van der Waals surface area contributed by atoms with Crippen LogP contribution in [0.5, 0.6) is 0 Å². The topological polar surface area (TPSA) is 18.5 Å². The number of nitrogens with zero attached hydrogens (tertiary/aromatic N) is 2.